The standard InChI is InChI=1S/C17H20F2N4O/c18-15-4-1-5-16(19)14(15)7-6-13-3-2-8-22(9-13)17(24)10-23-12-20-11-21-23/h1,4-5,11-13H,2-3,6-10H2/t13-/m0/s1. The number of piperidine rings is 1. The molecular formula is C17H20F2N4O. The molecule has 1 aromatic heterocycles. The Balaban J connectivity index is 1.54. The quantitative estimate of drug-likeness (QED) is 0.844. The van der Waals surface area contributed by atoms with Gasteiger partial charge in [-0.05, 0) is 43.7 Å². The van der Waals surface area contributed by atoms with E-state index in [0.717, 1.165) is 19.4 Å². The Morgan fingerprint density at radius 3 is 2.79 bits per heavy atom. The second kappa shape index (κ2) is 7.51. The minimum atomic E-state index is -0.495. The Morgan fingerprint density at radius 1 is 1.29 bits per heavy atom. The van der Waals surface area contributed by atoms with Crippen molar-refractivity contribution in [3.05, 3.63) is 48.1 Å². The van der Waals surface area contributed by atoms with E-state index in [0.29, 0.717) is 19.4 Å². The average molecular weight is 334 g/mol. The summed E-state index contributed by atoms with van der Waals surface area (Å²) in [5, 5.41) is 3.94. The van der Waals surface area contributed by atoms with Crippen molar-refractivity contribution in [1.82, 2.24) is 19.7 Å². The Morgan fingerprint density at radius 2 is 2.08 bits per heavy atom. The Labute approximate surface area is 139 Å². The number of carbonyl (C=O) groups excluding carboxylic acids is 1. The highest BCUT2D eigenvalue weighted by Gasteiger charge is 2.24. The number of hydrogen-bond acceptors (Lipinski definition) is 3. The number of nitrogens with zero attached hydrogens (tertiary/aromatic N) is 4. The molecule has 0 N–H and O–H groups in total. The van der Waals surface area contributed by atoms with Crippen LogP contribution < -0.4 is 0 Å². The molecule has 1 aliphatic rings. The molecule has 0 saturated carbocycles. The normalized spacial score (nSPS) is 17.9. The number of benzene rings is 1. The van der Waals surface area contributed by atoms with Crippen molar-refractivity contribution in [2.75, 3.05) is 13.1 Å². The molecule has 128 valence electrons. The zero-order chi connectivity index (χ0) is 16.9. The molecule has 24 heavy (non-hydrogen) atoms. The summed E-state index contributed by atoms with van der Waals surface area (Å²) in [6.07, 6.45) is 5.82. The fraction of sp³-hybridized carbons (Fsp3) is 0.471. The van der Waals surface area contributed by atoms with Crippen molar-refractivity contribution in [1.29, 1.82) is 0 Å². The van der Waals surface area contributed by atoms with E-state index < -0.39 is 11.6 Å². The van der Waals surface area contributed by atoms with Gasteiger partial charge in [-0.2, -0.15) is 5.10 Å². The smallest absolute Gasteiger partial charge is 0.244 e. The highest BCUT2D eigenvalue weighted by Crippen LogP contribution is 2.23. The third kappa shape index (κ3) is 3.96. The lowest BCUT2D eigenvalue weighted by molar-refractivity contribution is -0.133. The number of amides is 1. The van der Waals surface area contributed by atoms with E-state index in [1.807, 2.05) is 4.90 Å². The van der Waals surface area contributed by atoms with E-state index >= 15 is 0 Å². The summed E-state index contributed by atoms with van der Waals surface area (Å²) < 4.78 is 28.9. The molecule has 0 bridgehead atoms. The zero-order valence-corrected chi connectivity index (χ0v) is 13.4. The summed E-state index contributed by atoms with van der Waals surface area (Å²) in [6, 6.07) is 3.94. The van der Waals surface area contributed by atoms with E-state index in [2.05, 4.69) is 10.1 Å². The van der Waals surface area contributed by atoms with Gasteiger partial charge >= 0.3 is 0 Å². The van der Waals surface area contributed by atoms with E-state index in [1.54, 1.807) is 0 Å². The van der Waals surface area contributed by atoms with Crippen LogP contribution in [0, 0.1) is 17.6 Å². The summed E-state index contributed by atoms with van der Waals surface area (Å²) in [4.78, 5) is 17.9. The Kier molecular flexibility index (Phi) is 5.17. The number of likely N-dealkylation sites (tertiary alicyclic amines) is 1. The van der Waals surface area contributed by atoms with Crippen LogP contribution in [0.4, 0.5) is 8.78 Å². The Bertz CT molecular complexity index is 670. The number of carbonyl (C=O) groups is 1. The SMILES string of the molecule is O=C(Cn1cncn1)N1CCC[C@@H](CCc2c(F)cccc2F)C1. The third-order valence-corrected chi connectivity index (χ3v) is 4.50. The highest BCUT2D eigenvalue weighted by molar-refractivity contribution is 5.75. The molecule has 0 radical (unpaired) electrons. The monoisotopic (exact) mass is 334 g/mol. The zero-order valence-electron chi connectivity index (χ0n) is 13.4. The summed E-state index contributed by atoms with van der Waals surface area (Å²) in [7, 11) is 0. The van der Waals surface area contributed by atoms with Crippen LogP contribution in [0.5, 0.6) is 0 Å². The van der Waals surface area contributed by atoms with Crippen LogP contribution in [0.2, 0.25) is 0 Å². The fourth-order valence-electron chi connectivity index (χ4n) is 3.20. The molecule has 3 rings (SSSR count). The third-order valence-electron chi connectivity index (χ3n) is 4.50. The summed E-state index contributed by atoms with van der Waals surface area (Å²) in [6.45, 7) is 1.52. The molecule has 7 heteroatoms. The molecular weight excluding hydrogens is 314 g/mol. The molecule has 1 fully saturated rings. The van der Waals surface area contributed by atoms with E-state index in [4.69, 9.17) is 0 Å². The van der Waals surface area contributed by atoms with Crippen molar-refractivity contribution >= 4 is 5.91 Å². The van der Waals surface area contributed by atoms with Crippen molar-refractivity contribution in [2.24, 2.45) is 5.92 Å². The van der Waals surface area contributed by atoms with Gasteiger partial charge in [-0.3, -0.25) is 4.79 Å². The van der Waals surface area contributed by atoms with Crippen molar-refractivity contribution in [3.63, 3.8) is 0 Å². The van der Waals surface area contributed by atoms with Gasteiger partial charge in [-0.15, -0.1) is 0 Å². The highest BCUT2D eigenvalue weighted by atomic mass is 19.1. The largest absolute Gasteiger partial charge is 0.341 e. The molecule has 0 unspecified atom stereocenters. The first-order valence-electron chi connectivity index (χ1n) is 8.16. The molecule has 0 spiro atoms. The lowest BCUT2D eigenvalue weighted by Gasteiger charge is -2.33. The van der Waals surface area contributed by atoms with Gasteiger partial charge in [0.1, 0.15) is 30.8 Å². The second-order valence-corrected chi connectivity index (χ2v) is 6.18. The molecule has 0 aliphatic carbocycles. The van der Waals surface area contributed by atoms with Gasteiger partial charge in [-0.1, -0.05) is 6.07 Å². The first-order valence-corrected chi connectivity index (χ1v) is 8.16. The first kappa shape index (κ1) is 16.5. The van der Waals surface area contributed by atoms with E-state index in [9.17, 15) is 13.6 Å². The predicted octanol–water partition coefficient (Wildman–Crippen LogP) is 2.43. The van der Waals surface area contributed by atoms with Crippen LogP contribution in [-0.4, -0.2) is 38.7 Å². The van der Waals surface area contributed by atoms with Crippen LogP contribution in [0.3, 0.4) is 0 Å². The summed E-state index contributed by atoms with van der Waals surface area (Å²) in [5.41, 5.74) is 0.142. The maximum Gasteiger partial charge on any atom is 0.244 e. The van der Waals surface area contributed by atoms with Gasteiger partial charge in [-0.25, -0.2) is 18.4 Å². The number of hydrogen-bond donors (Lipinski definition) is 0. The molecule has 1 amide bonds. The van der Waals surface area contributed by atoms with Gasteiger partial charge in [0.2, 0.25) is 5.91 Å². The predicted molar refractivity (Wildman–Crippen MR) is 84.0 cm³/mol. The number of halogens is 2. The molecule has 2 aromatic rings. The average Bonchev–Trinajstić information content (AvgIpc) is 3.07. The molecule has 1 aromatic carbocycles. The van der Waals surface area contributed by atoms with Crippen molar-refractivity contribution < 1.29 is 13.6 Å². The molecule has 1 atom stereocenters. The maximum absolute atomic E-state index is 13.7. The molecule has 5 nitrogen and oxygen atoms in total. The summed E-state index contributed by atoms with van der Waals surface area (Å²) >= 11 is 0. The van der Waals surface area contributed by atoms with Gasteiger partial charge in [0.25, 0.3) is 0 Å². The number of rotatable bonds is 5. The van der Waals surface area contributed by atoms with Crippen LogP contribution in [0.1, 0.15) is 24.8 Å². The summed E-state index contributed by atoms with van der Waals surface area (Å²) in [5.74, 6) is -0.727. The number of aromatic nitrogens is 3. The van der Waals surface area contributed by atoms with Gasteiger partial charge in [0, 0.05) is 18.7 Å². The topological polar surface area (TPSA) is 51.0 Å². The molecule has 1 aliphatic heterocycles. The van der Waals surface area contributed by atoms with Crippen molar-refractivity contribution in [3.8, 4) is 0 Å². The molecule has 1 saturated heterocycles. The molecule has 2 heterocycles. The maximum atomic E-state index is 13.7. The van der Waals surface area contributed by atoms with Crippen LogP contribution in [0.25, 0.3) is 0 Å². The van der Waals surface area contributed by atoms with E-state index in [1.165, 1.54) is 35.5 Å². The Hall–Kier alpha value is -2.31. The van der Waals surface area contributed by atoms with Crippen LogP contribution in [0.15, 0.2) is 30.9 Å². The lowest BCUT2D eigenvalue weighted by atomic mass is 9.91. The van der Waals surface area contributed by atoms with Gasteiger partial charge < -0.3 is 4.90 Å². The van der Waals surface area contributed by atoms with Crippen molar-refractivity contribution in [2.45, 2.75) is 32.2 Å². The lowest BCUT2D eigenvalue weighted by Crippen LogP contribution is -2.41. The fourth-order valence-corrected chi connectivity index (χ4v) is 3.20. The van der Waals surface area contributed by atoms with E-state index in [-0.39, 0.29) is 23.9 Å². The van der Waals surface area contributed by atoms with Gasteiger partial charge in [0.05, 0.1) is 0 Å². The van der Waals surface area contributed by atoms with Gasteiger partial charge in [0.15, 0.2) is 0 Å². The van der Waals surface area contributed by atoms with Crippen LogP contribution in [-0.2, 0) is 17.8 Å². The minimum absolute atomic E-state index is 0.00210. The van der Waals surface area contributed by atoms with Crippen LogP contribution >= 0.6 is 0 Å². The second-order valence-electron chi connectivity index (χ2n) is 6.18. The first-order chi connectivity index (χ1) is 11.6. The minimum Gasteiger partial charge on any atom is -0.341 e.